The molecule has 28 heavy (non-hydrogen) atoms. The van der Waals surface area contributed by atoms with Crippen molar-refractivity contribution in [2.24, 2.45) is 11.0 Å². The third-order valence-electron chi connectivity index (χ3n) is 3.85. The van der Waals surface area contributed by atoms with E-state index in [0.29, 0.717) is 30.0 Å². The molecule has 7 heteroatoms. The molecule has 0 bridgehead atoms. The van der Waals surface area contributed by atoms with Crippen LogP contribution in [0.5, 0.6) is 0 Å². The van der Waals surface area contributed by atoms with E-state index in [0.717, 1.165) is 17.8 Å². The summed E-state index contributed by atoms with van der Waals surface area (Å²) in [5.74, 6) is 0.317. The number of hydrazone groups is 1. The maximum absolute atomic E-state index is 12.6. The minimum Gasteiger partial charge on any atom is -0.346 e. The van der Waals surface area contributed by atoms with Crippen molar-refractivity contribution in [1.29, 1.82) is 0 Å². The molecule has 2 rings (SSSR count). The minimum atomic E-state index is -0.178. The zero-order valence-electron chi connectivity index (χ0n) is 16.8. The summed E-state index contributed by atoms with van der Waals surface area (Å²) in [6.45, 7) is 5.53. The first kappa shape index (κ1) is 21.1. The minimum absolute atomic E-state index is 0.178. The molecular formula is C21H27N5O2. The van der Waals surface area contributed by atoms with Crippen LogP contribution in [-0.4, -0.2) is 46.6 Å². The van der Waals surface area contributed by atoms with E-state index >= 15 is 0 Å². The highest BCUT2D eigenvalue weighted by atomic mass is 16.1. The van der Waals surface area contributed by atoms with Gasteiger partial charge in [0.2, 0.25) is 0 Å². The van der Waals surface area contributed by atoms with Crippen molar-refractivity contribution in [3.05, 3.63) is 65.8 Å². The van der Waals surface area contributed by atoms with E-state index in [9.17, 15) is 9.59 Å². The van der Waals surface area contributed by atoms with Crippen molar-refractivity contribution in [3.8, 4) is 0 Å². The number of allylic oxidation sites excluding steroid dienone is 2. The van der Waals surface area contributed by atoms with Crippen LogP contribution in [0.3, 0.4) is 0 Å². The Morgan fingerprint density at radius 3 is 2.75 bits per heavy atom. The van der Waals surface area contributed by atoms with Gasteiger partial charge in [0.05, 0.1) is 24.3 Å². The molecule has 0 spiro atoms. The summed E-state index contributed by atoms with van der Waals surface area (Å²) < 4.78 is 2.05. The lowest BCUT2D eigenvalue weighted by atomic mass is 10.1. The molecule has 0 atom stereocenters. The van der Waals surface area contributed by atoms with Gasteiger partial charge in [0, 0.05) is 38.0 Å². The quantitative estimate of drug-likeness (QED) is 0.313. The van der Waals surface area contributed by atoms with Crippen molar-refractivity contribution in [2.75, 3.05) is 14.1 Å². The average Bonchev–Trinajstić information content (AvgIpc) is 3.09. The van der Waals surface area contributed by atoms with Crippen LogP contribution in [0.1, 0.15) is 35.5 Å². The van der Waals surface area contributed by atoms with Crippen LogP contribution < -0.4 is 5.32 Å². The molecule has 0 aliphatic rings. The molecular weight excluding hydrogens is 354 g/mol. The molecule has 0 fully saturated rings. The Hall–Kier alpha value is -3.22. The van der Waals surface area contributed by atoms with E-state index in [-0.39, 0.29) is 5.91 Å². The normalized spacial score (nSPS) is 11.8. The largest absolute Gasteiger partial charge is 0.346 e. The lowest BCUT2D eigenvalue weighted by Gasteiger charge is -2.12. The van der Waals surface area contributed by atoms with Gasteiger partial charge in [0.15, 0.2) is 0 Å². The number of nitrogens with one attached hydrogen (secondary N) is 1. The Labute approximate surface area is 165 Å². The molecule has 1 amide bonds. The Balaban J connectivity index is 2.14. The summed E-state index contributed by atoms with van der Waals surface area (Å²) >= 11 is 0. The first-order valence-corrected chi connectivity index (χ1v) is 9.16. The maximum Gasteiger partial charge on any atom is 0.251 e. The molecule has 0 saturated heterocycles. The van der Waals surface area contributed by atoms with Crippen LogP contribution in [0, 0.1) is 5.92 Å². The predicted molar refractivity (Wildman–Crippen MR) is 110 cm³/mol. The number of hydrogen-bond donors (Lipinski definition) is 1. The summed E-state index contributed by atoms with van der Waals surface area (Å²) in [7, 11) is 3.59. The molecule has 1 heterocycles. The molecule has 2 aromatic rings. The number of imidazole rings is 1. The standard InChI is InChI=1S/C21H27N5O2/c1-16(2)14-26-15-22-12-19(26)13-23-21(28)18-8-5-7-17(11-18)20(9-6-10-27)24-25(3)4/h5-12,15-16H,13-14H2,1-4H3,(H,23,28)/b9-6-,24-20+. The van der Waals surface area contributed by atoms with Gasteiger partial charge in [-0.2, -0.15) is 5.10 Å². The predicted octanol–water partition coefficient (Wildman–Crippen LogP) is 2.49. The number of nitrogens with zero attached hydrogens (tertiary/aromatic N) is 4. The first-order chi connectivity index (χ1) is 13.4. The van der Waals surface area contributed by atoms with E-state index in [1.54, 1.807) is 55.9 Å². The summed E-state index contributed by atoms with van der Waals surface area (Å²) in [4.78, 5) is 27.5. The van der Waals surface area contributed by atoms with Gasteiger partial charge >= 0.3 is 0 Å². The Morgan fingerprint density at radius 1 is 1.32 bits per heavy atom. The SMILES string of the molecule is CC(C)Cn1cncc1CNC(=O)c1cccc(C(/C=C\C=O)=N/N(C)C)c1. The van der Waals surface area contributed by atoms with Crippen LogP contribution in [0.2, 0.25) is 0 Å². The van der Waals surface area contributed by atoms with E-state index in [4.69, 9.17) is 0 Å². The number of carbonyl (C=O) groups excluding carboxylic acids is 2. The topological polar surface area (TPSA) is 79.6 Å². The van der Waals surface area contributed by atoms with Crippen molar-refractivity contribution < 1.29 is 9.59 Å². The summed E-state index contributed by atoms with van der Waals surface area (Å²) in [5, 5.41) is 8.96. The molecule has 0 unspecified atom stereocenters. The first-order valence-electron chi connectivity index (χ1n) is 9.16. The number of amides is 1. The second-order valence-electron chi connectivity index (χ2n) is 7.02. The van der Waals surface area contributed by atoms with Crippen LogP contribution >= 0.6 is 0 Å². The number of hydrogen-bond acceptors (Lipinski definition) is 5. The van der Waals surface area contributed by atoms with Crippen LogP contribution in [0.4, 0.5) is 0 Å². The van der Waals surface area contributed by atoms with Crippen molar-refractivity contribution >= 4 is 17.9 Å². The van der Waals surface area contributed by atoms with Crippen LogP contribution in [0.25, 0.3) is 0 Å². The highest BCUT2D eigenvalue weighted by Gasteiger charge is 2.10. The van der Waals surface area contributed by atoms with Gasteiger partial charge in [-0.15, -0.1) is 0 Å². The lowest BCUT2D eigenvalue weighted by Crippen LogP contribution is -2.24. The monoisotopic (exact) mass is 381 g/mol. The molecule has 0 saturated carbocycles. The molecule has 148 valence electrons. The van der Waals surface area contributed by atoms with Gasteiger partial charge < -0.3 is 14.9 Å². The van der Waals surface area contributed by atoms with E-state index in [1.807, 2.05) is 10.6 Å². The Morgan fingerprint density at radius 2 is 2.07 bits per heavy atom. The third-order valence-corrected chi connectivity index (χ3v) is 3.85. The van der Waals surface area contributed by atoms with Crippen molar-refractivity contribution in [3.63, 3.8) is 0 Å². The zero-order chi connectivity index (χ0) is 20.5. The molecule has 1 aromatic carbocycles. The summed E-state index contributed by atoms with van der Waals surface area (Å²) in [6, 6.07) is 7.17. The second kappa shape index (κ2) is 10.2. The van der Waals surface area contributed by atoms with Crippen molar-refractivity contribution in [1.82, 2.24) is 19.9 Å². The maximum atomic E-state index is 12.6. The Bertz CT molecular complexity index is 865. The number of carbonyl (C=O) groups is 2. The number of rotatable bonds is 9. The second-order valence-corrected chi connectivity index (χ2v) is 7.02. The fraction of sp³-hybridized carbons (Fsp3) is 0.333. The highest BCUT2D eigenvalue weighted by Crippen LogP contribution is 2.10. The van der Waals surface area contributed by atoms with Gasteiger partial charge in [0.25, 0.3) is 5.91 Å². The molecule has 0 radical (unpaired) electrons. The number of benzene rings is 1. The van der Waals surface area contributed by atoms with Crippen LogP contribution in [-0.2, 0) is 17.9 Å². The molecule has 1 aromatic heterocycles. The van der Waals surface area contributed by atoms with Gasteiger partial charge in [0.1, 0.15) is 6.29 Å². The highest BCUT2D eigenvalue weighted by molar-refractivity contribution is 6.10. The van der Waals surface area contributed by atoms with Gasteiger partial charge in [-0.3, -0.25) is 9.59 Å². The molecule has 1 N–H and O–H groups in total. The fourth-order valence-electron chi connectivity index (χ4n) is 2.68. The van der Waals surface area contributed by atoms with Gasteiger partial charge in [-0.05, 0) is 30.2 Å². The average molecular weight is 381 g/mol. The van der Waals surface area contributed by atoms with E-state index < -0.39 is 0 Å². The van der Waals surface area contributed by atoms with Gasteiger partial charge in [-0.25, -0.2) is 4.98 Å². The van der Waals surface area contributed by atoms with E-state index in [2.05, 4.69) is 29.2 Å². The smallest absolute Gasteiger partial charge is 0.251 e. The fourth-order valence-corrected chi connectivity index (χ4v) is 2.68. The van der Waals surface area contributed by atoms with Crippen molar-refractivity contribution in [2.45, 2.75) is 26.9 Å². The number of aldehydes is 1. The molecule has 0 aliphatic carbocycles. The van der Waals surface area contributed by atoms with Gasteiger partial charge in [-0.1, -0.05) is 26.0 Å². The Kier molecular flexibility index (Phi) is 7.68. The van der Waals surface area contributed by atoms with E-state index in [1.165, 1.54) is 6.08 Å². The number of aromatic nitrogens is 2. The third kappa shape index (κ3) is 6.19. The molecule has 7 nitrogen and oxygen atoms in total. The summed E-state index contributed by atoms with van der Waals surface area (Å²) in [6.07, 6.45) is 7.25. The lowest BCUT2D eigenvalue weighted by molar-refractivity contribution is -0.104. The zero-order valence-corrected chi connectivity index (χ0v) is 16.8. The molecule has 0 aliphatic heterocycles. The van der Waals surface area contributed by atoms with Crippen LogP contribution in [0.15, 0.2) is 54.0 Å². The summed E-state index contributed by atoms with van der Waals surface area (Å²) in [5.41, 5.74) is 2.84.